The van der Waals surface area contributed by atoms with Crippen molar-refractivity contribution >= 4 is 45.3 Å². The molecule has 1 aromatic carbocycles. The number of benzene rings is 1. The number of halogens is 1. The third-order valence-corrected chi connectivity index (χ3v) is 3.81. The summed E-state index contributed by atoms with van der Waals surface area (Å²) in [5.41, 5.74) is 0.635. The van der Waals surface area contributed by atoms with Crippen LogP contribution in [0.2, 0.25) is 0 Å². The Kier molecular flexibility index (Phi) is 6.94. The van der Waals surface area contributed by atoms with E-state index in [-0.39, 0.29) is 11.5 Å². The molecule has 1 amide bonds. The molecule has 0 aliphatic heterocycles. The summed E-state index contributed by atoms with van der Waals surface area (Å²) in [5, 5.41) is 11.6. The van der Waals surface area contributed by atoms with E-state index in [1.54, 1.807) is 17.8 Å². The Hall–Kier alpha value is -1.01. The summed E-state index contributed by atoms with van der Waals surface area (Å²) in [6, 6.07) is 4.62. The molecule has 0 saturated carbocycles. The number of carboxylic acid groups (broad SMARTS) is 1. The minimum absolute atomic E-state index is 0.115. The Labute approximate surface area is 125 Å². The molecule has 0 unspecified atom stereocenters. The molecular weight excluding hydrogens is 330 g/mol. The fraction of sp³-hybridized carbons (Fsp3) is 0.385. The number of hydrogen-bond acceptors (Lipinski definition) is 3. The van der Waals surface area contributed by atoms with E-state index in [1.165, 1.54) is 12.1 Å². The average Bonchev–Trinajstić information content (AvgIpc) is 2.34. The van der Waals surface area contributed by atoms with Crippen LogP contribution in [0.3, 0.4) is 0 Å². The van der Waals surface area contributed by atoms with Gasteiger partial charge in [-0.1, -0.05) is 29.3 Å². The molecule has 1 rings (SSSR count). The molecule has 0 bridgehead atoms. The number of thioether (sulfide) groups is 1. The van der Waals surface area contributed by atoms with Crippen LogP contribution in [0.25, 0.3) is 0 Å². The highest BCUT2D eigenvalue weighted by Gasteiger charge is 2.08. The van der Waals surface area contributed by atoms with Crippen molar-refractivity contribution in [1.29, 1.82) is 0 Å². The van der Waals surface area contributed by atoms with Gasteiger partial charge in [-0.05, 0) is 30.4 Å². The fourth-order valence-electron chi connectivity index (χ4n) is 1.39. The maximum Gasteiger partial charge on any atom is 0.335 e. The zero-order chi connectivity index (χ0) is 14.3. The van der Waals surface area contributed by atoms with Crippen molar-refractivity contribution in [3.8, 4) is 0 Å². The first kappa shape index (κ1) is 16.0. The van der Waals surface area contributed by atoms with Crippen molar-refractivity contribution in [3.05, 3.63) is 28.2 Å². The number of anilines is 1. The van der Waals surface area contributed by atoms with Gasteiger partial charge in [0.05, 0.1) is 11.3 Å². The van der Waals surface area contributed by atoms with Crippen molar-refractivity contribution in [2.45, 2.75) is 19.8 Å². The molecule has 0 aromatic heterocycles. The number of carbonyl (C=O) groups is 2. The van der Waals surface area contributed by atoms with E-state index in [9.17, 15) is 9.59 Å². The standard InChI is InChI=1S/C13H16BrNO3S/c1-2-3-4-19-8-12(16)15-11-6-9(13(17)18)5-10(14)7-11/h5-7H,2-4,8H2,1H3,(H,15,16)(H,17,18). The Morgan fingerprint density at radius 1 is 1.37 bits per heavy atom. The third kappa shape index (κ3) is 6.11. The van der Waals surface area contributed by atoms with Crippen LogP contribution >= 0.6 is 27.7 Å². The van der Waals surface area contributed by atoms with Gasteiger partial charge in [0.1, 0.15) is 0 Å². The molecule has 4 nitrogen and oxygen atoms in total. The lowest BCUT2D eigenvalue weighted by molar-refractivity contribution is -0.113. The lowest BCUT2D eigenvalue weighted by Crippen LogP contribution is -2.14. The smallest absolute Gasteiger partial charge is 0.335 e. The lowest BCUT2D eigenvalue weighted by Gasteiger charge is -2.07. The second kappa shape index (κ2) is 8.22. The van der Waals surface area contributed by atoms with Crippen molar-refractivity contribution in [2.75, 3.05) is 16.8 Å². The Morgan fingerprint density at radius 3 is 2.74 bits per heavy atom. The van der Waals surface area contributed by atoms with Gasteiger partial charge in [0, 0.05) is 10.2 Å². The highest BCUT2D eigenvalue weighted by atomic mass is 79.9. The van der Waals surface area contributed by atoms with Crippen LogP contribution in [0.4, 0.5) is 5.69 Å². The summed E-state index contributed by atoms with van der Waals surface area (Å²) >= 11 is 4.80. The molecule has 0 heterocycles. The number of rotatable bonds is 7. The number of amides is 1. The largest absolute Gasteiger partial charge is 0.478 e. The van der Waals surface area contributed by atoms with Gasteiger partial charge < -0.3 is 10.4 Å². The van der Waals surface area contributed by atoms with Crippen molar-refractivity contribution < 1.29 is 14.7 Å². The van der Waals surface area contributed by atoms with E-state index in [2.05, 4.69) is 28.2 Å². The molecule has 0 spiro atoms. The quantitative estimate of drug-likeness (QED) is 0.740. The predicted molar refractivity (Wildman–Crippen MR) is 82.0 cm³/mol. The third-order valence-electron chi connectivity index (χ3n) is 2.30. The number of carbonyl (C=O) groups excluding carboxylic acids is 1. The summed E-state index contributed by atoms with van der Waals surface area (Å²) in [4.78, 5) is 22.6. The van der Waals surface area contributed by atoms with E-state index in [0.717, 1.165) is 18.6 Å². The molecule has 0 fully saturated rings. The van der Waals surface area contributed by atoms with Gasteiger partial charge in [0.25, 0.3) is 0 Å². The molecule has 19 heavy (non-hydrogen) atoms. The van der Waals surface area contributed by atoms with E-state index in [4.69, 9.17) is 5.11 Å². The zero-order valence-electron chi connectivity index (χ0n) is 10.6. The van der Waals surface area contributed by atoms with Gasteiger partial charge in [-0.25, -0.2) is 4.79 Å². The average molecular weight is 346 g/mol. The summed E-state index contributed by atoms with van der Waals surface area (Å²) in [6.45, 7) is 2.11. The first-order valence-corrected chi connectivity index (χ1v) is 7.89. The number of aromatic carboxylic acids is 1. The summed E-state index contributed by atoms with van der Waals surface area (Å²) in [5.74, 6) is 0.210. The molecular formula is C13H16BrNO3S. The summed E-state index contributed by atoms with van der Waals surface area (Å²) in [6.07, 6.45) is 2.21. The summed E-state index contributed by atoms with van der Waals surface area (Å²) in [7, 11) is 0. The number of hydrogen-bond donors (Lipinski definition) is 2. The van der Waals surface area contributed by atoms with Crippen molar-refractivity contribution in [2.24, 2.45) is 0 Å². The molecule has 0 aliphatic carbocycles. The second-order valence-electron chi connectivity index (χ2n) is 3.99. The molecule has 104 valence electrons. The van der Waals surface area contributed by atoms with Crippen molar-refractivity contribution in [3.63, 3.8) is 0 Å². The topological polar surface area (TPSA) is 66.4 Å². The predicted octanol–water partition coefficient (Wildman–Crippen LogP) is 3.62. The first-order valence-electron chi connectivity index (χ1n) is 5.94. The van der Waals surface area contributed by atoms with Gasteiger partial charge in [-0.15, -0.1) is 0 Å². The molecule has 0 atom stereocenters. The molecule has 0 aliphatic rings. The second-order valence-corrected chi connectivity index (χ2v) is 6.01. The van der Waals surface area contributed by atoms with Crippen LogP contribution in [-0.4, -0.2) is 28.5 Å². The van der Waals surface area contributed by atoms with E-state index >= 15 is 0 Å². The maximum atomic E-state index is 11.7. The maximum absolute atomic E-state index is 11.7. The van der Waals surface area contributed by atoms with Gasteiger partial charge in [0.15, 0.2) is 0 Å². The van der Waals surface area contributed by atoms with Crippen molar-refractivity contribution in [1.82, 2.24) is 0 Å². The Balaban J connectivity index is 2.56. The normalized spacial score (nSPS) is 10.2. The Bertz CT molecular complexity index is 465. The van der Waals surface area contributed by atoms with Crippen LogP contribution in [0.5, 0.6) is 0 Å². The fourth-order valence-corrected chi connectivity index (χ4v) is 2.78. The molecule has 0 radical (unpaired) electrons. The van der Waals surface area contributed by atoms with Gasteiger partial charge in [-0.2, -0.15) is 11.8 Å². The zero-order valence-corrected chi connectivity index (χ0v) is 13.0. The van der Waals surface area contributed by atoms with Crippen LogP contribution < -0.4 is 5.32 Å². The van der Waals surface area contributed by atoms with Crippen LogP contribution in [-0.2, 0) is 4.79 Å². The SMILES string of the molecule is CCCCSCC(=O)Nc1cc(Br)cc(C(=O)O)c1. The Morgan fingerprint density at radius 2 is 2.11 bits per heavy atom. The minimum Gasteiger partial charge on any atom is -0.478 e. The molecule has 2 N–H and O–H groups in total. The highest BCUT2D eigenvalue weighted by molar-refractivity contribution is 9.10. The van der Waals surface area contributed by atoms with Crippen LogP contribution in [0.15, 0.2) is 22.7 Å². The van der Waals surface area contributed by atoms with Gasteiger partial charge in [-0.3, -0.25) is 4.79 Å². The molecule has 0 saturated heterocycles. The monoisotopic (exact) mass is 345 g/mol. The van der Waals surface area contributed by atoms with Crippen LogP contribution in [0.1, 0.15) is 30.1 Å². The van der Waals surface area contributed by atoms with Gasteiger partial charge in [0.2, 0.25) is 5.91 Å². The first-order chi connectivity index (χ1) is 9.02. The van der Waals surface area contributed by atoms with E-state index in [0.29, 0.717) is 15.9 Å². The number of unbranched alkanes of at least 4 members (excludes halogenated alkanes) is 1. The van der Waals surface area contributed by atoms with Crippen LogP contribution in [0, 0.1) is 0 Å². The summed E-state index contributed by atoms with van der Waals surface area (Å²) < 4.78 is 0.626. The highest BCUT2D eigenvalue weighted by Crippen LogP contribution is 2.20. The minimum atomic E-state index is -1.02. The number of carboxylic acids is 1. The lowest BCUT2D eigenvalue weighted by atomic mass is 10.2. The van der Waals surface area contributed by atoms with E-state index < -0.39 is 5.97 Å². The van der Waals surface area contributed by atoms with Gasteiger partial charge >= 0.3 is 5.97 Å². The van der Waals surface area contributed by atoms with E-state index in [1.807, 2.05) is 0 Å². The molecule has 6 heteroatoms. The molecule has 1 aromatic rings. The number of nitrogens with one attached hydrogen (secondary N) is 1.